The van der Waals surface area contributed by atoms with E-state index < -0.39 is 21.2 Å². The summed E-state index contributed by atoms with van der Waals surface area (Å²) in [6, 6.07) is -0.157. The maximum Gasteiger partial charge on any atom is 0.272 e. The number of piperidine rings is 1. The highest BCUT2D eigenvalue weighted by molar-refractivity contribution is 7.90. The van der Waals surface area contributed by atoms with E-state index in [4.69, 9.17) is 4.74 Å². The van der Waals surface area contributed by atoms with Crippen LogP contribution in [0.3, 0.4) is 0 Å². The molecule has 4 heterocycles. The van der Waals surface area contributed by atoms with Gasteiger partial charge in [0.1, 0.15) is 5.25 Å². The molecular formula is C20H37F2N7O3S. The Morgan fingerprint density at radius 2 is 1.91 bits per heavy atom. The minimum atomic E-state index is -3.60. The first kappa shape index (κ1) is 24.2. The molecule has 13 heteroatoms. The number of hydrogen-bond donors (Lipinski definition) is 4. The second-order valence-corrected chi connectivity index (χ2v) is 12.3. The highest BCUT2D eigenvalue weighted by Crippen LogP contribution is 2.34. The summed E-state index contributed by atoms with van der Waals surface area (Å²) in [6.07, 6.45) is 3.12. The minimum absolute atomic E-state index is 0.0550. The molecule has 0 aromatic rings. The number of halogens is 2. The molecule has 190 valence electrons. The van der Waals surface area contributed by atoms with Gasteiger partial charge in [-0.25, -0.2) is 31.9 Å². The molecule has 5 rings (SSSR count). The Labute approximate surface area is 194 Å². The monoisotopic (exact) mass is 493 g/mol. The molecule has 0 bridgehead atoms. The SMILES string of the molecule is COC1CCC2CNN(C)C2C1NS(=O)(=O)C1CNN(C2CC(N3CC(F)(F)C3)CCN2)C1. The number of sulfonamides is 1. The molecule has 4 aliphatic heterocycles. The van der Waals surface area contributed by atoms with Gasteiger partial charge in [-0.1, -0.05) is 0 Å². The van der Waals surface area contributed by atoms with E-state index in [1.807, 2.05) is 22.0 Å². The zero-order valence-electron chi connectivity index (χ0n) is 19.3. The van der Waals surface area contributed by atoms with Gasteiger partial charge in [0.05, 0.1) is 31.4 Å². The van der Waals surface area contributed by atoms with Crippen molar-refractivity contribution in [3.8, 4) is 0 Å². The summed E-state index contributed by atoms with van der Waals surface area (Å²) in [7, 11) is 0.00484. The van der Waals surface area contributed by atoms with Crippen LogP contribution in [0.25, 0.3) is 0 Å². The molecular weight excluding hydrogens is 456 g/mol. The molecule has 5 fully saturated rings. The predicted molar refractivity (Wildman–Crippen MR) is 119 cm³/mol. The fourth-order valence-corrected chi connectivity index (χ4v) is 7.86. The quantitative estimate of drug-likeness (QED) is 0.361. The number of ether oxygens (including phenoxy) is 1. The second-order valence-electron chi connectivity index (χ2n) is 10.3. The van der Waals surface area contributed by atoms with Crippen molar-refractivity contribution in [2.75, 3.05) is 53.4 Å². The molecule has 7 unspecified atom stereocenters. The number of likely N-dealkylation sites (tertiary alicyclic amines) is 1. The van der Waals surface area contributed by atoms with Crippen LogP contribution in [0.5, 0.6) is 0 Å². The van der Waals surface area contributed by atoms with Gasteiger partial charge in [-0.3, -0.25) is 15.8 Å². The van der Waals surface area contributed by atoms with E-state index in [0.717, 1.165) is 32.4 Å². The van der Waals surface area contributed by atoms with Gasteiger partial charge in [0, 0.05) is 45.9 Å². The normalized spacial score (nSPS) is 42.8. The second kappa shape index (κ2) is 9.17. The molecule has 0 aromatic heterocycles. The van der Waals surface area contributed by atoms with E-state index in [2.05, 4.69) is 20.9 Å². The van der Waals surface area contributed by atoms with E-state index in [1.54, 1.807) is 7.11 Å². The van der Waals surface area contributed by atoms with Crippen LogP contribution in [0.15, 0.2) is 0 Å². The molecule has 4 saturated heterocycles. The lowest BCUT2D eigenvalue weighted by Gasteiger charge is -2.47. The van der Waals surface area contributed by atoms with Crippen LogP contribution < -0.4 is 20.9 Å². The van der Waals surface area contributed by atoms with E-state index >= 15 is 0 Å². The predicted octanol–water partition coefficient (Wildman–Crippen LogP) is -1.26. The van der Waals surface area contributed by atoms with E-state index in [1.165, 1.54) is 0 Å². The summed E-state index contributed by atoms with van der Waals surface area (Å²) in [5.41, 5.74) is 6.58. The lowest BCUT2D eigenvalue weighted by molar-refractivity contribution is -0.153. The molecule has 1 saturated carbocycles. The summed E-state index contributed by atoms with van der Waals surface area (Å²) < 4.78 is 62.1. The smallest absolute Gasteiger partial charge is 0.272 e. The van der Waals surface area contributed by atoms with Crippen molar-refractivity contribution >= 4 is 10.0 Å². The van der Waals surface area contributed by atoms with Gasteiger partial charge in [-0.15, -0.1) is 0 Å². The van der Waals surface area contributed by atoms with Crippen molar-refractivity contribution in [3.05, 3.63) is 0 Å². The Morgan fingerprint density at radius 3 is 2.64 bits per heavy atom. The third-order valence-electron chi connectivity index (χ3n) is 8.20. The molecule has 5 aliphatic rings. The van der Waals surface area contributed by atoms with Gasteiger partial charge >= 0.3 is 0 Å². The topological polar surface area (TPSA) is 101 Å². The lowest BCUT2D eigenvalue weighted by atomic mass is 9.80. The van der Waals surface area contributed by atoms with E-state index in [9.17, 15) is 17.2 Å². The van der Waals surface area contributed by atoms with Crippen LogP contribution in [0, 0.1) is 5.92 Å². The number of alkyl halides is 2. The van der Waals surface area contributed by atoms with Crippen LogP contribution in [0.2, 0.25) is 0 Å². The van der Waals surface area contributed by atoms with Crippen LogP contribution >= 0.6 is 0 Å². The third kappa shape index (κ3) is 4.81. The fraction of sp³-hybridized carbons (Fsp3) is 1.00. The summed E-state index contributed by atoms with van der Waals surface area (Å²) >= 11 is 0. The molecule has 33 heavy (non-hydrogen) atoms. The Balaban J connectivity index is 1.20. The van der Waals surface area contributed by atoms with Gasteiger partial charge in [0.25, 0.3) is 5.92 Å². The zero-order valence-corrected chi connectivity index (χ0v) is 20.2. The first-order chi connectivity index (χ1) is 15.7. The van der Waals surface area contributed by atoms with Crippen LogP contribution in [-0.2, 0) is 14.8 Å². The average molecular weight is 494 g/mol. The van der Waals surface area contributed by atoms with Gasteiger partial charge in [-0.2, -0.15) is 0 Å². The van der Waals surface area contributed by atoms with Crippen LogP contribution in [0.1, 0.15) is 25.7 Å². The number of hydrogen-bond acceptors (Lipinski definition) is 9. The number of methoxy groups -OCH3 is 1. The zero-order chi connectivity index (χ0) is 23.4. The highest BCUT2D eigenvalue weighted by Gasteiger charge is 2.50. The standard InChI is InChI=1S/C20H37F2N7O3S/c1-27-19-13(8-24-27)3-4-16(32-2)18(19)26-33(30,31)15-9-25-29(10-15)17-7-14(5-6-23-17)28-11-20(21,22)12-28/h13-19,23-26H,3-12H2,1-2H3. The lowest BCUT2D eigenvalue weighted by Crippen LogP contribution is -2.64. The number of nitrogens with zero attached hydrogens (tertiary/aromatic N) is 3. The number of rotatable bonds is 6. The van der Waals surface area contributed by atoms with Gasteiger partial charge < -0.3 is 10.1 Å². The van der Waals surface area contributed by atoms with Gasteiger partial charge in [-0.05, 0) is 38.1 Å². The number of likely N-dealkylation sites (N-methyl/N-ethyl adjacent to an activating group) is 1. The number of hydrazine groups is 2. The first-order valence-electron chi connectivity index (χ1n) is 12.0. The Bertz CT molecular complexity index is 813. The largest absolute Gasteiger partial charge is 0.380 e. The minimum Gasteiger partial charge on any atom is -0.380 e. The summed E-state index contributed by atoms with van der Waals surface area (Å²) in [5, 5.41) is 6.79. The van der Waals surface area contributed by atoms with Crippen molar-refractivity contribution in [3.63, 3.8) is 0 Å². The van der Waals surface area contributed by atoms with E-state index in [0.29, 0.717) is 25.4 Å². The van der Waals surface area contributed by atoms with Crippen LogP contribution in [-0.4, -0.2) is 118 Å². The molecule has 0 aromatic carbocycles. The molecule has 10 nitrogen and oxygen atoms in total. The van der Waals surface area contributed by atoms with E-state index in [-0.39, 0.29) is 43.5 Å². The molecule has 0 amide bonds. The summed E-state index contributed by atoms with van der Waals surface area (Å²) in [5.74, 6) is -2.18. The van der Waals surface area contributed by atoms with Crippen molar-refractivity contribution in [1.82, 2.24) is 35.8 Å². The van der Waals surface area contributed by atoms with Gasteiger partial charge in [0.15, 0.2) is 0 Å². The number of fused-ring (bicyclic) bond motifs is 1. The average Bonchev–Trinajstić information content (AvgIpc) is 3.40. The molecule has 0 spiro atoms. The summed E-state index contributed by atoms with van der Waals surface area (Å²) in [6.45, 7) is 1.91. The first-order valence-corrected chi connectivity index (χ1v) is 13.6. The van der Waals surface area contributed by atoms with Crippen molar-refractivity contribution in [2.24, 2.45) is 5.92 Å². The van der Waals surface area contributed by atoms with Gasteiger partial charge in [0.2, 0.25) is 10.0 Å². The van der Waals surface area contributed by atoms with Crippen molar-refractivity contribution < 1.29 is 21.9 Å². The Hall–Kier alpha value is -0.510. The molecule has 7 atom stereocenters. The highest BCUT2D eigenvalue weighted by atomic mass is 32.2. The molecule has 0 radical (unpaired) electrons. The fourth-order valence-electron chi connectivity index (χ4n) is 6.35. The third-order valence-corrected chi connectivity index (χ3v) is 10.00. The van der Waals surface area contributed by atoms with Crippen LogP contribution in [0.4, 0.5) is 8.78 Å². The van der Waals surface area contributed by atoms with Crippen molar-refractivity contribution in [2.45, 2.75) is 67.3 Å². The number of nitrogens with one attached hydrogen (secondary N) is 4. The maximum absolute atomic E-state index is 13.4. The Kier molecular flexibility index (Phi) is 6.73. The Morgan fingerprint density at radius 1 is 1.12 bits per heavy atom. The molecule has 1 aliphatic carbocycles. The summed E-state index contributed by atoms with van der Waals surface area (Å²) in [4.78, 5) is 1.84. The molecule has 4 N–H and O–H groups in total. The van der Waals surface area contributed by atoms with Crippen molar-refractivity contribution in [1.29, 1.82) is 0 Å². The maximum atomic E-state index is 13.4.